The molecule has 0 spiro atoms. The third-order valence-corrected chi connectivity index (χ3v) is 6.52. The minimum Gasteiger partial charge on any atom is -0.439 e. The molecule has 1 aromatic carbocycles. The number of hydrogen-bond donors (Lipinski definition) is 2. The van der Waals surface area contributed by atoms with Gasteiger partial charge in [-0.05, 0) is 56.3 Å². The first kappa shape index (κ1) is 24.2. The molecule has 1 saturated heterocycles. The number of ether oxygens (including phenoxy) is 1. The van der Waals surface area contributed by atoms with E-state index in [0.717, 1.165) is 6.26 Å². The van der Waals surface area contributed by atoms with E-state index in [1.165, 1.54) is 0 Å². The second-order valence-corrected chi connectivity index (χ2v) is 8.59. The molecule has 7 nitrogen and oxygen atoms in total. The lowest BCUT2D eigenvalue weighted by Gasteiger charge is -2.34. The number of hydrogen-bond acceptors (Lipinski definition) is 6. The smallest absolute Gasteiger partial charge is 0.245 e. The van der Waals surface area contributed by atoms with E-state index in [1.807, 2.05) is 6.07 Å². The van der Waals surface area contributed by atoms with Crippen molar-refractivity contribution < 1.29 is 17.9 Å². The summed E-state index contributed by atoms with van der Waals surface area (Å²) in [6.45, 7) is 0.995. The number of pyridine rings is 1. The highest BCUT2D eigenvalue weighted by atomic mass is 35.5. The van der Waals surface area contributed by atoms with Gasteiger partial charge in [-0.3, -0.25) is 4.79 Å². The molecule has 0 bridgehead atoms. The Labute approximate surface area is 177 Å². The van der Waals surface area contributed by atoms with Gasteiger partial charge in [-0.2, -0.15) is 0 Å². The van der Waals surface area contributed by atoms with Gasteiger partial charge < -0.3 is 15.4 Å². The van der Waals surface area contributed by atoms with Crippen molar-refractivity contribution >= 4 is 46.2 Å². The molecule has 0 radical (unpaired) electrons. The Kier molecular flexibility index (Phi) is 8.69. The molecule has 3 rings (SSSR count). The second-order valence-electron chi connectivity index (χ2n) is 6.26. The van der Waals surface area contributed by atoms with Crippen molar-refractivity contribution in [3.63, 3.8) is 0 Å². The highest BCUT2D eigenvalue weighted by Crippen LogP contribution is 2.30. The molecular formula is C18H23Cl2N3O4S. The number of amides is 1. The standard InChI is InChI=1S/C18H21N3O4S.2ClH/c1-26(23,24)18(9-12-19-13-10-18)17(22)21-14-5-7-15(8-6-14)25-16-4-2-3-11-20-16;;/h2-8,11,19H,9-10,12-13H2,1H3,(H,21,22);2*1H. The molecule has 1 fully saturated rings. The summed E-state index contributed by atoms with van der Waals surface area (Å²) >= 11 is 0. The Bertz CT molecular complexity index is 871. The van der Waals surface area contributed by atoms with E-state index in [-0.39, 0.29) is 37.7 Å². The van der Waals surface area contributed by atoms with Crippen molar-refractivity contribution in [1.29, 1.82) is 0 Å². The van der Waals surface area contributed by atoms with Gasteiger partial charge in [0.25, 0.3) is 0 Å². The minimum absolute atomic E-state index is 0. The average Bonchev–Trinajstić information content (AvgIpc) is 2.64. The van der Waals surface area contributed by atoms with Crippen LogP contribution in [0.2, 0.25) is 0 Å². The molecule has 2 aromatic rings. The van der Waals surface area contributed by atoms with E-state index in [4.69, 9.17) is 4.74 Å². The largest absolute Gasteiger partial charge is 0.439 e. The first-order valence-electron chi connectivity index (χ1n) is 8.31. The second kappa shape index (κ2) is 10.1. The van der Waals surface area contributed by atoms with Crippen LogP contribution >= 0.6 is 24.8 Å². The van der Waals surface area contributed by atoms with Crippen LogP contribution in [0, 0.1) is 0 Å². The Hall–Kier alpha value is -1.87. The maximum Gasteiger partial charge on any atom is 0.245 e. The molecule has 154 valence electrons. The van der Waals surface area contributed by atoms with Gasteiger partial charge in [0.05, 0.1) is 0 Å². The molecular weight excluding hydrogens is 425 g/mol. The highest BCUT2D eigenvalue weighted by Gasteiger charge is 2.48. The molecule has 1 aromatic heterocycles. The molecule has 0 saturated carbocycles. The molecule has 28 heavy (non-hydrogen) atoms. The summed E-state index contributed by atoms with van der Waals surface area (Å²) in [6, 6.07) is 12.1. The van der Waals surface area contributed by atoms with Gasteiger partial charge in [-0.25, -0.2) is 13.4 Å². The van der Waals surface area contributed by atoms with E-state index in [0.29, 0.717) is 30.4 Å². The monoisotopic (exact) mass is 447 g/mol. The molecule has 0 aliphatic carbocycles. The maximum absolute atomic E-state index is 12.8. The van der Waals surface area contributed by atoms with E-state index in [1.54, 1.807) is 42.6 Å². The highest BCUT2D eigenvalue weighted by molar-refractivity contribution is 7.92. The number of sulfone groups is 1. The fourth-order valence-electron chi connectivity index (χ4n) is 2.98. The number of nitrogens with zero attached hydrogens (tertiary/aromatic N) is 1. The van der Waals surface area contributed by atoms with Crippen LogP contribution in [0.1, 0.15) is 12.8 Å². The molecule has 1 amide bonds. The Morgan fingerprint density at radius 1 is 1.11 bits per heavy atom. The van der Waals surface area contributed by atoms with Crippen molar-refractivity contribution in [2.24, 2.45) is 0 Å². The number of aromatic nitrogens is 1. The molecule has 10 heteroatoms. The van der Waals surface area contributed by atoms with Gasteiger partial charge in [0.2, 0.25) is 11.8 Å². The van der Waals surface area contributed by atoms with Gasteiger partial charge in [0.15, 0.2) is 14.6 Å². The van der Waals surface area contributed by atoms with Crippen LogP contribution in [0.25, 0.3) is 0 Å². The number of rotatable bonds is 5. The van der Waals surface area contributed by atoms with Crippen LogP contribution in [-0.4, -0.2) is 43.4 Å². The van der Waals surface area contributed by atoms with E-state index >= 15 is 0 Å². The number of carbonyl (C=O) groups is 1. The van der Waals surface area contributed by atoms with Crippen LogP contribution in [0.3, 0.4) is 0 Å². The van der Waals surface area contributed by atoms with Crippen molar-refractivity contribution in [2.45, 2.75) is 17.6 Å². The lowest BCUT2D eigenvalue weighted by molar-refractivity contribution is -0.119. The van der Waals surface area contributed by atoms with Crippen molar-refractivity contribution in [3.8, 4) is 11.6 Å². The Balaban J connectivity index is 0.00000196. The van der Waals surface area contributed by atoms with E-state index in [2.05, 4.69) is 15.6 Å². The summed E-state index contributed by atoms with van der Waals surface area (Å²) in [5.41, 5.74) is 0.518. The van der Waals surface area contributed by atoms with Gasteiger partial charge >= 0.3 is 0 Å². The Morgan fingerprint density at radius 3 is 2.29 bits per heavy atom. The predicted molar refractivity (Wildman–Crippen MR) is 114 cm³/mol. The summed E-state index contributed by atoms with van der Waals surface area (Å²) in [5.74, 6) is 0.552. The third kappa shape index (κ3) is 5.35. The third-order valence-electron chi connectivity index (χ3n) is 4.51. The van der Waals surface area contributed by atoms with E-state index in [9.17, 15) is 13.2 Å². The zero-order valence-electron chi connectivity index (χ0n) is 15.3. The lowest BCUT2D eigenvalue weighted by Crippen LogP contribution is -2.55. The molecule has 1 aliphatic heterocycles. The van der Waals surface area contributed by atoms with Gasteiger partial charge in [-0.1, -0.05) is 6.07 Å². The van der Waals surface area contributed by atoms with Crippen molar-refractivity contribution in [1.82, 2.24) is 10.3 Å². The topological polar surface area (TPSA) is 97.4 Å². The molecule has 1 aliphatic rings. The number of halogens is 2. The number of anilines is 1. The summed E-state index contributed by atoms with van der Waals surface area (Å²) in [5, 5.41) is 5.83. The van der Waals surface area contributed by atoms with Crippen LogP contribution in [-0.2, 0) is 14.6 Å². The molecule has 2 heterocycles. The van der Waals surface area contributed by atoms with Gasteiger partial charge in [0.1, 0.15) is 5.75 Å². The summed E-state index contributed by atoms with van der Waals surface area (Å²) < 4.78 is 28.8. The van der Waals surface area contributed by atoms with Crippen molar-refractivity contribution in [2.75, 3.05) is 24.7 Å². The number of benzene rings is 1. The summed E-state index contributed by atoms with van der Waals surface area (Å²) in [4.78, 5) is 16.8. The van der Waals surface area contributed by atoms with Crippen LogP contribution in [0.4, 0.5) is 5.69 Å². The quantitative estimate of drug-likeness (QED) is 0.730. The molecule has 0 unspecified atom stereocenters. The SMILES string of the molecule is CS(=O)(=O)C1(C(=O)Nc2ccc(Oc3ccccn3)cc2)CCNCC1.Cl.Cl. The van der Waals surface area contributed by atoms with Crippen LogP contribution < -0.4 is 15.4 Å². The number of piperidine rings is 1. The zero-order valence-corrected chi connectivity index (χ0v) is 17.7. The molecule has 0 atom stereocenters. The first-order chi connectivity index (χ1) is 12.4. The number of nitrogens with one attached hydrogen (secondary N) is 2. The Morgan fingerprint density at radius 2 is 1.75 bits per heavy atom. The van der Waals surface area contributed by atoms with Gasteiger partial charge in [-0.15, -0.1) is 24.8 Å². The molecule has 2 N–H and O–H groups in total. The summed E-state index contributed by atoms with van der Waals surface area (Å²) in [7, 11) is -3.54. The fourth-order valence-corrected chi connectivity index (χ4v) is 4.31. The average molecular weight is 448 g/mol. The fraction of sp³-hybridized carbons (Fsp3) is 0.333. The number of carbonyl (C=O) groups excluding carboxylic acids is 1. The summed E-state index contributed by atoms with van der Waals surface area (Å²) in [6.07, 6.45) is 3.28. The maximum atomic E-state index is 12.8. The van der Waals surface area contributed by atoms with Crippen LogP contribution in [0.5, 0.6) is 11.6 Å². The van der Waals surface area contributed by atoms with Gasteiger partial charge in [0, 0.05) is 24.2 Å². The van der Waals surface area contributed by atoms with Crippen LogP contribution in [0.15, 0.2) is 48.7 Å². The first-order valence-corrected chi connectivity index (χ1v) is 10.2. The lowest BCUT2D eigenvalue weighted by atomic mass is 9.95. The van der Waals surface area contributed by atoms with Crippen molar-refractivity contribution in [3.05, 3.63) is 48.7 Å². The minimum atomic E-state index is -3.54. The van der Waals surface area contributed by atoms with E-state index < -0.39 is 20.5 Å². The zero-order chi connectivity index (χ0) is 18.6. The normalized spacial score (nSPS) is 15.5. The predicted octanol–water partition coefficient (Wildman–Crippen LogP) is 2.82.